The van der Waals surface area contributed by atoms with Crippen LogP contribution in [-0.4, -0.2) is 169 Å². The number of halogens is 4. The molecule has 0 aromatic rings. The Labute approximate surface area is 542 Å². The predicted octanol–water partition coefficient (Wildman–Crippen LogP) is 6.78. The Kier molecular flexibility index (Phi) is 82.3. The Hall–Kier alpha value is 3.17. The van der Waals surface area contributed by atoms with E-state index in [0.29, 0.717) is 39.6 Å². The first-order chi connectivity index (χ1) is 30.8. The van der Waals surface area contributed by atoms with Gasteiger partial charge < -0.3 is 80.3 Å². The summed E-state index contributed by atoms with van der Waals surface area (Å²) in [5, 5.41) is 70.5. The summed E-state index contributed by atoms with van der Waals surface area (Å²) < 4.78 is 27.9. The molecule has 0 saturated heterocycles. The van der Waals surface area contributed by atoms with Crippen LogP contribution in [-0.2, 0) is 95.3 Å². The van der Waals surface area contributed by atoms with Gasteiger partial charge in [0.2, 0.25) is 0 Å². The average molecular weight is 1650 g/mol. The third-order valence-electron chi connectivity index (χ3n) is 4.97. The second-order valence-electron chi connectivity index (χ2n) is 23.7. The van der Waals surface area contributed by atoms with Gasteiger partial charge in [-0.25, -0.2) is 24.8 Å². The maximum atomic E-state index is 8.89. The van der Waals surface area contributed by atoms with Gasteiger partial charge in [0.05, 0.1) is 73.2 Å². The number of methoxy groups -OCH3 is 6. The number of hydrogen-bond donors (Lipinski definition) is 6. The monoisotopic (exact) mass is 1650 g/mol. The van der Waals surface area contributed by atoms with Crippen molar-refractivity contribution in [1.29, 1.82) is 0 Å². The summed E-state index contributed by atoms with van der Waals surface area (Å²) in [5.74, 6) is 0. The van der Waals surface area contributed by atoms with E-state index in [4.69, 9.17) is 64.9 Å². The molecule has 16 nitrogen and oxygen atoms in total. The molecule has 0 radical (unpaired) electrons. The number of rotatable bonds is 16. The maximum absolute atomic E-state index is 8.89. The minimum Gasteiger partial charge on any atom is 0 e. The van der Waals surface area contributed by atoms with Gasteiger partial charge in [-0.15, -0.1) is 22.2 Å². The minimum atomic E-state index is -3.39. The van der Waals surface area contributed by atoms with E-state index >= 15 is 0 Å². The Morgan fingerprint density at radius 2 is 0.373 bits per heavy atom. The standard InChI is InChI=1S/2C10H20N2.6C5H12O2.4ClH.3Hf.2Li/c2*1-9(2,3)11-7-8-12-10(4,5)6;6*1-5(2,6)4-7-3;;;;;;;;;/h2*7-8H,1-6H3;6*6H,4H2,1-3H3;4*1H;;;;;/q2*-2;;;;;;;;;;;;;+4;2*+1/p-4/b8-7-;;;;;;;;;;;;;;;;. The molecule has 0 heterocycles. The molecule has 0 fully saturated rings. The molecule has 0 unspecified atom stereocenters. The van der Waals surface area contributed by atoms with E-state index in [1.807, 2.05) is 0 Å². The van der Waals surface area contributed by atoms with E-state index < -0.39 is 48.8 Å². The normalized spacial score (nSPS) is 11.8. The van der Waals surface area contributed by atoms with Crippen LogP contribution in [0.5, 0.6) is 0 Å². The Bertz CT molecular complexity index is 1000. The number of hydrogen-bond acceptors (Lipinski definition) is 12. The molecular weight excluding hydrogens is 1540 g/mol. The summed E-state index contributed by atoms with van der Waals surface area (Å²) in [6, 6.07) is 0. The molecule has 0 amide bonds. The molecule has 0 saturated carbocycles. The third-order valence-corrected chi connectivity index (χ3v) is 4.97. The van der Waals surface area contributed by atoms with Crippen molar-refractivity contribution >= 4 is 34.3 Å². The smallest absolute Gasteiger partial charge is 0 e. The SMILES string of the molecule is CC(C)(C)[N-]/C=C\[N-]C(C)(C)C.CC(C)(C)[N-]C=C[N-]C(C)(C)C.COCC(C)(C)O.COCC(C)(C)O.COCC(C)(C)O.COCC(C)(C)O.COCC(C)(C)O.COCC(C)(C)O.[Cl][Hf]([Cl])([Cl])[Cl].[Hf].[Hf].[Li+].[Li+]. The van der Waals surface area contributed by atoms with Gasteiger partial charge in [-0.3, -0.25) is 0 Å². The molecule has 0 atom stereocenters. The van der Waals surface area contributed by atoms with Crippen LogP contribution in [0.3, 0.4) is 0 Å². The van der Waals surface area contributed by atoms with E-state index in [9.17, 15) is 0 Å². The van der Waals surface area contributed by atoms with Crippen molar-refractivity contribution in [2.24, 2.45) is 0 Å². The van der Waals surface area contributed by atoms with Crippen LogP contribution in [0.25, 0.3) is 21.3 Å². The zero-order valence-electron chi connectivity index (χ0n) is 53.5. The number of ether oxygens (including phenoxy) is 6. The van der Waals surface area contributed by atoms with Crippen LogP contribution in [0.1, 0.15) is 166 Å². The second-order valence-corrected chi connectivity index (χ2v) is 54.8. The first-order valence-corrected chi connectivity index (χ1v) is 40.8. The first-order valence-electron chi connectivity index (χ1n) is 23.0. The minimum absolute atomic E-state index is 0. The van der Waals surface area contributed by atoms with Gasteiger partial charge in [0.15, 0.2) is 0 Å². The largest absolute Gasteiger partial charge is 1.00 e. The predicted molar refractivity (Wildman–Crippen MR) is 303 cm³/mol. The van der Waals surface area contributed by atoms with Crippen molar-refractivity contribution in [3.05, 3.63) is 46.1 Å². The van der Waals surface area contributed by atoms with Gasteiger partial charge >= 0.3 is 87.3 Å². The number of nitrogens with zero attached hydrogens (tertiary/aromatic N) is 4. The third kappa shape index (κ3) is 214. The molecule has 0 spiro atoms. The van der Waals surface area contributed by atoms with E-state index in [2.05, 4.69) is 133 Å². The van der Waals surface area contributed by atoms with Crippen molar-refractivity contribution in [3.63, 3.8) is 0 Å². The van der Waals surface area contributed by atoms with E-state index in [-0.39, 0.29) is 112 Å². The van der Waals surface area contributed by atoms with Gasteiger partial charge in [-0.05, 0) is 83.1 Å². The maximum Gasteiger partial charge on any atom is 1.00 e. The van der Waals surface area contributed by atoms with Crippen LogP contribution in [0.4, 0.5) is 0 Å². The van der Waals surface area contributed by atoms with Crippen LogP contribution in [0.15, 0.2) is 24.8 Å². The van der Waals surface area contributed by atoms with Crippen molar-refractivity contribution in [2.45, 2.75) is 222 Å². The summed E-state index contributed by atoms with van der Waals surface area (Å²) in [4.78, 5) is 0. The molecule has 0 aliphatic heterocycles. The van der Waals surface area contributed by atoms with Crippen LogP contribution in [0, 0.1) is 0 Å². The van der Waals surface area contributed by atoms with E-state index in [0.717, 1.165) is 0 Å². The van der Waals surface area contributed by atoms with Gasteiger partial charge in [0, 0.05) is 94.3 Å². The zero-order valence-corrected chi connectivity index (χ0v) is 67.3. The van der Waals surface area contributed by atoms with Crippen molar-refractivity contribution < 1.29 is 164 Å². The summed E-state index contributed by atoms with van der Waals surface area (Å²) in [7, 11) is 29.6. The molecule has 0 aliphatic carbocycles. The fourth-order valence-electron chi connectivity index (χ4n) is 3.15. The quantitative estimate of drug-likeness (QED) is 0.0878. The Balaban J connectivity index is -0.0000000527. The van der Waals surface area contributed by atoms with E-state index in [1.165, 1.54) is 0 Å². The fourth-order valence-corrected chi connectivity index (χ4v) is 3.15. The second kappa shape index (κ2) is 56.3. The van der Waals surface area contributed by atoms with Gasteiger partial charge in [0.1, 0.15) is 0 Å². The van der Waals surface area contributed by atoms with Crippen LogP contribution in [0.2, 0.25) is 0 Å². The number of aliphatic hydroxyl groups is 6. The van der Waals surface area contributed by atoms with Crippen LogP contribution < -0.4 is 37.7 Å². The Morgan fingerprint density at radius 3 is 0.400 bits per heavy atom. The van der Waals surface area contributed by atoms with Gasteiger partial charge in [0.25, 0.3) is 0 Å². The zero-order chi connectivity index (χ0) is 59.6. The first kappa shape index (κ1) is 110. The van der Waals surface area contributed by atoms with Crippen molar-refractivity contribution in [2.75, 3.05) is 82.3 Å². The molecule has 0 aromatic heterocycles. The molecule has 0 aliphatic rings. The topological polar surface area (TPSA) is 233 Å². The molecule has 25 heteroatoms. The van der Waals surface area contributed by atoms with Gasteiger partial charge in [-0.2, -0.15) is 0 Å². The summed E-state index contributed by atoms with van der Waals surface area (Å²) in [6.45, 7) is 47.6. The molecule has 0 aromatic carbocycles. The van der Waals surface area contributed by atoms with Gasteiger partial charge in [-0.1, -0.05) is 83.1 Å². The van der Waals surface area contributed by atoms with Crippen molar-refractivity contribution in [3.8, 4) is 0 Å². The van der Waals surface area contributed by atoms with Crippen LogP contribution >= 0.6 is 34.3 Å². The summed E-state index contributed by atoms with van der Waals surface area (Å²) >= 11 is -3.39. The fraction of sp³-hybridized carbons (Fsp3) is 0.920. The summed E-state index contributed by atoms with van der Waals surface area (Å²) in [5.41, 5.74) is -4.02. The molecule has 448 valence electrons. The molecule has 6 N–H and O–H groups in total. The molecule has 0 rings (SSSR count). The Morgan fingerprint density at radius 1 is 0.293 bits per heavy atom. The molecular formula is C50H112Cl4Hf3Li2N4O12-2. The van der Waals surface area contributed by atoms with E-state index in [1.54, 1.807) is 151 Å². The average Bonchev–Trinajstić information content (AvgIpc) is 3.02. The molecule has 0 bridgehead atoms. The van der Waals surface area contributed by atoms with Crippen molar-refractivity contribution in [1.82, 2.24) is 0 Å². The molecule has 75 heavy (non-hydrogen) atoms. The summed E-state index contributed by atoms with van der Waals surface area (Å²) in [6.07, 6.45) is 7.08.